The zero-order valence-electron chi connectivity index (χ0n) is 8.80. The fourth-order valence-corrected chi connectivity index (χ4v) is 1.68. The highest BCUT2D eigenvalue weighted by atomic mass is 79.9. The Morgan fingerprint density at radius 3 is 2.71 bits per heavy atom. The van der Waals surface area contributed by atoms with E-state index in [1.54, 1.807) is 7.11 Å². The molecule has 1 aromatic carbocycles. The summed E-state index contributed by atoms with van der Waals surface area (Å²) in [5, 5.41) is 3.15. The molecular formula is C11H16BrNO. The van der Waals surface area contributed by atoms with E-state index >= 15 is 0 Å². The lowest BCUT2D eigenvalue weighted by atomic mass is 10.1. The number of ether oxygens (including phenoxy) is 1. The molecule has 2 nitrogen and oxygen atoms in total. The van der Waals surface area contributed by atoms with Crippen molar-refractivity contribution in [2.75, 3.05) is 14.2 Å². The fourth-order valence-electron chi connectivity index (χ4n) is 1.40. The van der Waals surface area contributed by atoms with Gasteiger partial charge in [0.2, 0.25) is 0 Å². The summed E-state index contributed by atoms with van der Waals surface area (Å²) in [7, 11) is 3.63. The second-order valence-electron chi connectivity index (χ2n) is 3.08. The largest absolute Gasteiger partial charge is 0.496 e. The Bertz CT molecular complexity index is 301. The van der Waals surface area contributed by atoms with Gasteiger partial charge in [0, 0.05) is 0 Å². The molecule has 14 heavy (non-hydrogen) atoms. The first-order valence-electron chi connectivity index (χ1n) is 4.71. The van der Waals surface area contributed by atoms with Crippen LogP contribution in [0.15, 0.2) is 18.2 Å². The summed E-state index contributed by atoms with van der Waals surface area (Å²) in [4.78, 5) is 0.207. The van der Waals surface area contributed by atoms with Gasteiger partial charge in [-0.2, -0.15) is 0 Å². The molecule has 0 fully saturated rings. The van der Waals surface area contributed by atoms with Gasteiger partial charge < -0.3 is 10.1 Å². The third kappa shape index (κ3) is 2.49. The Morgan fingerprint density at radius 2 is 2.21 bits per heavy atom. The Kier molecular flexibility index (Phi) is 4.42. The number of alkyl halides is 1. The molecule has 0 spiro atoms. The van der Waals surface area contributed by atoms with Gasteiger partial charge in [-0.25, -0.2) is 0 Å². The van der Waals surface area contributed by atoms with Crippen molar-refractivity contribution in [2.45, 2.75) is 18.3 Å². The highest BCUT2D eigenvalue weighted by Gasteiger charge is 2.07. The Morgan fingerprint density at radius 1 is 1.50 bits per heavy atom. The van der Waals surface area contributed by atoms with E-state index in [0.29, 0.717) is 0 Å². The van der Waals surface area contributed by atoms with Crippen molar-refractivity contribution >= 4 is 15.9 Å². The minimum atomic E-state index is 0.207. The maximum atomic E-state index is 5.27. The number of hydrogen-bond acceptors (Lipinski definition) is 2. The van der Waals surface area contributed by atoms with Gasteiger partial charge in [0.25, 0.3) is 0 Å². The average molecular weight is 258 g/mol. The molecule has 1 unspecified atom stereocenters. The van der Waals surface area contributed by atoms with Crippen LogP contribution in [0.25, 0.3) is 0 Å². The molecule has 0 aliphatic carbocycles. The van der Waals surface area contributed by atoms with Crippen LogP contribution in [0.4, 0.5) is 0 Å². The SMILES string of the molecule is CCc1cc(C(Br)NC)ccc1OC. The van der Waals surface area contributed by atoms with Crippen LogP contribution in [0.2, 0.25) is 0 Å². The number of halogens is 1. The molecule has 1 rings (SSSR count). The minimum Gasteiger partial charge on any atom is -0.496 e. The van der Waals surface area contributed by atoms with E-state index in [9.17, 15) is 0 Å². The van der Waals surface area contributed by atoms with Gasteiger partial charge >= 0.3 is 0 Å². The van der Waals surface area contributed by atoms with Crippen molar-refractivity contribution in [3.8, 4) is 5.75 Å². The molecule has 0 heterocycles. The number of hydrogen-bond donors (Lipinski definition) is 1. The lowest BCUT2D eigenvalue weighted by Gasteiger charge is -2.12. The van der Waals surface area contributed by atoms with Crippen molar-refractivity contribution in [1.82, 2.24) is 5.32 Å². The number of aryl methyl sites for hydroxylation is 1. The molecule has 0 saturated carbocycles. The van der Waals surface area contributed by atoms with Gasteiger partial charge in [0.05, 0.1) is 12.1 Å². The topological polar surface area (TPSA) is 21.3 Å². The maximum Gasteiger partial charge on any atom is 0.122 e. The summed E-state index contributed by atoms with van der Waals surface area (Å²) < 4.78 is 5.27. The molecule has 0 radical (unpaired) electrons. The van der Waals surface area contributed by atoms with Gasteiger partial charge in [0.15, 0.2) is 0 Å². The van der Waals surface area contributed by atoms with Crippen molar-refractivity contribution in [2.24, 2.45) is 0 Å². The van der Waals surface area contributed by atoms with Crippen LogP contribution in [0.5, 0.6) is 5.75 Å². The van der Waals surface area contributed by atoms with E-state index in [1.165, 1.54) is 11.1 Å². The van der Waals surface area contributed by atoms with Crippen molar-refractivity contribution in [1.29, 1.82) is 0 Å². The summed E-state index contributed by atoms with van der Waals surface area (Å²) in [6.07, 6.45) is 0.987. The molecule has 3 heteroatoms. The summed E-state index contributed by atoms with van der Waals surface area (Å²) >= 11 is 3.54. The molecular weight excluding hydrogens is 242 g/mol. The second-order valence-corrected chi connectivity index (χ2v) is 3.99. The molecule has 0 saturated heterocycles. The van der Waals surface area contributed by atoms with Crippen LogP contribution < -0.4 is 10.1 Å². The van der Waals surface area contributed by atoms with Crippen LogP contribution in [0.1, 0.15) is 23.0 Å². The lowest BCUT2D eigenvalue weighted by Crippen LogP contribution is -2.09. The zero-order chi connectivity index (χ0) is 10.6. The van der Waals surface area contributed by atoms with Crippen LogP contribution >= 0.6 is 15.9 Å². The standard InChI is InChI=1S/C11H16BrNO/c1-4-8-7-9(11(12)13-2)5-6-10(8)14-3/h5-7,11,13H,4H2,1-3H3. The van der Waals surface area contributed by atoms with Gasteiger partial charge in [0.1, 0.15) is 5.75 Å². The highest BCUT2D eigenvalue weighted by Crippen LogP contribution is 2.26. The summed E-state index contributed by atoms with van der Waals surface area (Å²) in [6, 6.07) is 6.24. The first-order valence-corrected chi connectivity index (χ1v) is 5.62. The third-order valence-corrected chi connectivity index (χ3v) is 3.22. The van der Waals surface area contributed by atoms with E-state index in [1.807, 2.05) is 13.1 Å². The molecule has 0 aliphatic rings. The van der Waals surface area contributed by atoms with Gasteiger partial charge in [-0.05, 0) is 36.7 Å². The van der Waals surface area contributed by atoms with Gasteiger partial charge in [-0.1, -0.05) is 28.9 Å². The first kappa shape index (κ1) is 11.5. The molecule has 0 aliphatic heterocycles. The maximum absolute atomic E-state index is 5.27. The summed E-state index contributed by atoms with van der Waals surface area (Å²) in [6.45, 7) is 2.13. The van der Waals surface area contributed by atoms with E-state index in [0.717, 1.165) is 12.2 Å². The summed E-state index contributed by atoms with van der Waals surface area (Å²) in [5.41, 5.74) is 2.47. The Hall–Kier alpha value is -0.540. The normalized spacial score (nSPS) is 12.6. The number of rotatable bonds is 4. The van der Waals surface area contributed by atoms with E-state index in [4.69, 9.17) is 4.74 Å². The molecule has 1 atom stereocenters. The molecule has 78 valence electrons. The molecule has 1 aromatic rings. The Balaban J connectivity index is 3.01. The van der Waals surface area contributed by atoms with Crippen LogP contribution in [0, 0.1) is 0 Å². The van der Waals surface area contributed by atoms with Crippen molar-refractivity contribution in [3.63, 3.8) is 0 Å². The zero-order valence-corrected chi connectivity index (χ0v) is 10.4. The van der Waals surface area contributed by atoms with Gasteiger partial charge in [-0.15, -0.1) is 0 Å². The first-order chi connectivity index (χ1) is 6.72. The van der Waals surface area contributed by atoms with E-state index in [2.05, 4.69) is 40.3 Å². The quantitative estimate of drug-likeness (QED) is 0.662. The molecule has 1 N–H and O–H groups in total. The highest BCUT2D eigenvalue weighted by molar-refractivity contribution is 9.09. The van der Waals surface area contributed by atoms with Crippen molar-refractivity contribution in [3.05, 3.63) is 29.3 Å². The smallest absolute Gasteiger partial charge is 0.122 e. The fraction of sp³-hybridized carbons (Fsp3) is 0.455. The average Bonchev–Trinajstić information content (AvgIpc) is 2.26. The van der Waals surface area contributed by atoms with Crippen LogP contribution in [-0.4, -0.2) is 14.2 Å². The lowest BCUT2D eigenvalue weighted by molar-refractivity contribution is 0.410. The number of nitrogens with one attached hydrogen (secondary N) is 1. The van der Waals surface area contributed by atoms with Crippen molar-refractivity contribution < 1.29 is 4.74 Å². The second kappa shape index (κ2) is 5.37. The molecule has 0 bridgehead atoms. The predicted octanol–water partition coefficient (Wildman–Crippen LogP) is 2.87. The summed E-state index contributed by atoms with van der Waals surface area (Å²) in [5.74, 6) is 0.965. The van der Waals surface area contributed by atoms with Gasteiger partial charge in [-0.3, -0.25) is 0 Å². The van der Waals surface area contributed by atoms with Crippen LogP contribution in [0.3, 0.4) is 0 Å². The van der Waals surface area contributed by atoms with E-state index in [-0.39, 0.29) is 4.95 Å². The number of benzene rings is 1. The molecule has 0 amide bonds. The number of methoxy groups -OCH3 is 1. The van der Waals surface area contributed by atoms with Crippen LogP contribution in [-0.2, 0) is 6.42 Å². The third-order valence-electron chi connectivity index (χ3n) is 2.23. The monoisotopic (exact) mass is 257 g/mol. The molecule has 0 aromatic heterocycles. The predicted molar refractivity (Wildman–Crippen MR) is 63.1 cm³/mol. The minimum absolute atomic E-state index is 0.207. The van der Waals surface area contributed by atoms with E-state index < -0.39 is 0 Å². The Labute approximate surface area is 93.8 Å².